The lowest BCUT2D eigenvalue weighted by Crippen LogP contribution is -2.33. The summed E-state index contributed by atoms with van der Waals surface area (Å²) in [6.07, 6.45) is 0. The highest BCUT2D eigenvalue weighted by Gasteiger charge is 2.29. The van der Waals surface area contributed by atoms with Crippen molar-refractivity contribution in [1.29, 1.82) is 0 Å². The first-order valence-electron chi connectivity index (χ1n) is 8.99. The molecule has 0 radical (unpaired) electrons. The lowest BCUT2D eigenvalue weighted by Gasteiger charge is -2.26. The third-order valence-electron chi connectivity index (χ3n) is 4.28. The highest BCUT2D eigenvalue weighted by molar-refractivity contribution is 7.99. The van der Waals surface area contributed by atoms with E-state index < -0.39 is 0 Å². The molecule has 0 unspecified atom stereocenters. The van der Waals surface area contributed by atoms with Crippen LogP contribution in [0.25, 0.3) is 0 Å². The number of thiophene rings is 1. The van der Waals surface area contributed by atoms with E-state index in [4.69, 9.17) is 17.0 Å². The third-order valence-corrected chi connectivity index (χ3v) is 7.06. The summed E-state index contributed by atoms with van der Waals surface area (Å²) < 4.78 is 5.20. The summed E-state index contributed by atoms with van der Waals surface area (Å²) in [7, 11) is 1.66. The van der Waals surface area contributed by atoms with E-state index in [1.807, 2.05) is 49.9 Å². The molecule has 1 atom stereocenters. The quantitative estimate of drug-likeness (QED) is 0.545. The minimum absolute atomic E-state index is 0.0514. The van der Waals surface area contributed by atoms with Gasteiger partial charge in [0.25, 0.3) is 0 Å². The maximum Gasteiger partial charge on any atom is 0.174 e. The van der Waals surface area contributed by atoms with Gasteiger partial charge in [-0.2, -0.15) is 0 Å². The minimum Gasteiger partial charge on any atom is -0.497 e. The van der Waals surface area contributed by atoms with E-state index in [2.05, 4.69) is 34.2 Å². The average Bonchev–Trinajstić information content (AvgIpc) is 3.36. The third kappa shape index (κ3) is 5.21. The van der Waals surface area contributed by atoms with Gasteiger partial charge in [-0.05, 0) is 62.5 Å². The fourth-order valence-electron chi connectivity index (χ4n) is 2.61. The molecule has 0 bridgehead atoms. The molecule has 1 aliphatic rings. The Morgan fingerprint density at radius 1 is 1.32 bits per heavy atom. The molecule has 1 fully saturated rings. The van der Waals surface area contributed by atoms with Crippen LogP contribution < -0.4 is 10.1 Å². The van der Waals surface area contributed by atoms with Gasteiger partial charge in [0, 0.05) is 28.3 Å². The fraction of sp³-hybridized carbons (Fsp3) is 0.381. The summed E-state index contributed by atoms with van der Waals surface area (Å²) in [5.74, 6) is 8.20. The van der Waals surface area contributed by atoms with Gasteiger partial charge >= 0.3 is 0 Å². The Bertz CT molecular complexity index is 881. The Labute approximate surface area is 180 Å². The summed E-state index contributed by atoms with van der Waals surface area (Å²) in [5, 5.41) is 13.6. The Morgan fingerprint density at radius 3 is 2.75 bits per heavy atom. The topological polar surface area (TPSA) is 44.7 Å². The lowest BCUT2D eigenvalue weighted by molar-refractivity contribution is 0.207. The molecular weight excluding hydrogens is 408 g/mol. The van der Waals surface area contributed by atoms with Crippen molar-refractivity contribution in [2.24, 2.45) is 5.41 Å². The van der Waals surface area contributed by atoms with E-state index in [9.17, 15) is 5.11 Å². The molecule has 7 heteroatoms. The number of aliphatic hydroxyl groups excluding tert-OH is 1. The van der Waals surface area contributed by atoms with Crippen LogP contribution in [0.3, 0.4) is 0 Å². The number of anilines is 1. The molecule has 1 aromatic heterocycles. The number of nitrogens with zero attached hydrogens (tertiary/aromatic N) is 1. The first-order valence-corrected chi connectivity index (χ1v) is 11.3. The maximum absolute atomic E-state index is 9.36. The van der Waals surface area contributed by atoms with Gasteiger partial charge in [0.15, 0.2) is 5.11 Å². The number of benzene rings is 1. The number of methoxy groups -OCH3 is 1. The monoisotopic (exact) mass is 432 g/mol. The van der Waals surface area contributed by atoms with E-state index in [0.717, 1.165) is 33.7 Å². The van der Waals surface area contributed by atoms with E-state index >= 15 is 0 Å². The molecule has 2 N–H and O–H groups in total. The molecule has 148 valence electrons. The Hall–Kier alpha value is -1.72. The Balaban J connectivity index is 1.69. The van der Waals surface area contributed by atoms with Gasteiger partial charge in [0.1, 0.15) is 11.1 Å². The summed E-state index contributed by atoms with van der Waals surface area (Å²) in [4.78, 5) is 4.48. The van der Waals surface area contributed by atoms with Crippen LogP contribution in [0.2, 0.25) is 0 Å². The number of aliphatic hydroxyl groups is 1. The van der Waals surface area contributed by atoms with Gasteiger partial charge < -0.3 is 20.1 Å². The number of thiocarbonyl (C=S) groups is 1. The predicted molar refractivity (Wildman–Crippen MR) is 123 cm³/mol. The van der Waals surface area contributed by atoms with Crippen molar-refractivity contribution in [3.8, 4) is 17.6 Å². The van der Waals surface area contributed by atoms with Crippen molar-refractivity contribution in [3.63, 3.8) is 0 Å². The molecule has 0 aliphatic carbocycles. The molecule has 3 rings (SSSR count). The second-order valence-corrected chi connectivity index (χ2v) is 9.76. The van der Waals surface area contributed by atoms with Crippen molar-refractivity contribution < 1.29 is 9.84 Å². The van der Waals surface area contributed by atoms with Crippen LogP contribution in [0, 0.1) is 17.3 Å². The van der Waals surface area contributed by atoms with Gasteiger partial charge in [0.05, 0.1) is 18.6 Å². The molecule has 4 nitrogen and oxygen atoms in total. The second-order valence-electron chi connectivity index (χ2n) is 7.07. The van der Waals surface area contributed by atoms with Crippen LogP contribution in [0.4, 0.5) is 5.69 Å². The molecule has 1 aromatic carbocycles. The van der Waals surface area contributed by atoms with Crippen LogP contribution in [0.15, 0.2) is 36.4 Å². The number of ether oxygens (including phenoxy) is 1. The predicted octanol–water partition coefficient (Wildman–Crippen LogP) is 4.57. The highest BCUT2D eigenvalue weighted by Crippen LogP contribution is 2.41. The van der Waals surface area contributed by atoms with E-state index in [1.165, 1.54) is 4.88 Å². The molecule has 2 aromatic rings. The highest BCUT2D eigenvalue weighted by atomic mass is 32.2. The average molecular weight is 433 g/mol. The summed E-state index contributed by atoms with van der Waals surface area (Å²) >= 11 is 9.26. The number of nitrogens with one attached hydrogen (secondary N) is 1. The summed E-state index contributed by atoms with van der Waals surface area (Å²) in [6.45, 7) is 4.84. The zero-order valence-corrected chi connectivity index (χ0v) is 18.6. The second kappa shape index (κ2) is 9.19. The summed E-state index contributed by atoms with van der Waals surface area (Å²) in [6, 6.07) is 11.9. The van der Waals surface area contributed by atoms with Gasteiger partial charge in [0.2, 0.25) is 0 Å². The van der Waals surface area contributed by atoms with Crippen molar-refractivity contribution in [2.45, 2.75) is 19.2 Å². The SMILES string of the molecule is COc1ccc(NC(=S)N2CCS[C@@H]2c2ccc(C#CC(C)(C)CO)s2)cc1. The van der Waals surface area contributed by atoms with Gasteiger partial charge in [-0.15, -0.1) is 23.1 Å². The van der Waals surface area contributed by atoms with Crippen molar-refractivity contribution in [2.75, 3.05) is 31.3 Å². The number of hydrogen-bond donors (Lipinski definition) is 2. The smallest absolute Gasteiger partial charge is 0.174 e. The lowest BCUT2D eigenvalue weighted by atomic mass is 9.96. The first-order chi connectivity index (χ1) is 13.4. The first kappa shape index (κ1) is 21.0. The maximum atomic E-state index is 9.36. The number of hydrogen-bond acceptors (Lipinski definition) is 5. The molecule has 2 heterocycles. The zero-order valence-electron chi connectivity index (χ0n) is 16.2. The van der Waals surface area contributed by atoms with Crippen LogP contribution >= 0.6 is 35.3 Å². The van der Waals surface area contributed by atoms with Crippen LogP contribution in [0.1, 0.15) is 29.0 Å². The molecular formula is C21H24N2O2S3. The molecule has 1 aliphatic heterocycles. The van der Waals surface area contributed by atoms with Crippen molar-refractivity contribution >= 4 is 46.1 Å². The van der Waals surface area contributed by atoms with Crippen LogP contribution in [0.5, 0.6) is 5.75 Å². The largest absolute Gasteiger partial charge is 0.497 e. The van der Waals surface area contributed by atoms with Crippen LogP contribution in [-0.2, 0) is 0 Å². The fourth-order valence-corrected chi connectivity index (χ4v) is 5.35. The van der Waals surface area contributed by atoms with E-state index in [-0.39, 0.29) is 17.4 Å². The van der Waals surface area contributed by atoms with E-state index in [1.54, 1.807) is 18.4 Å². The Kier molecular flexibility index (Phi) is 6.89. The molecule has 28 heavy (non-hydrogen) atoms. The van der Waals surface area contributed by atoms with Gasteiger partial charge in [-0.3, -0.25) is 0 Å². The molecule has 0 spiro atoms. The molecule has 1 saturated heterocycles. The molecule has 0 amide bonds. The molecule has 0 saturated carbocycles. The van der Waals surface area contributed by atoms with Crippen molar-refractivity contribution in [1.82, 2.24) is 4.90 Å². The zero-order chi connectivity index (χ0) is 20.1. The Morgan fingerprint density at radius 2 is 2.07 bits per heavy atom. The van der Waals surface area contributed by atoms with Crippen LogP contribution in [-0.4, -0.2) is 41.1 Å². The minimum atomic E-state index is -0.387. The normalized spacial score (nSPS) is 16.4. The van der Waals surface area contributed by atoms with Gasteiger partial charge in [-0.25, -0.2) is 0 Å². The summed E-state index contributed by atoms with van der Waals surface area (Å²) in [5.41, 5.74) is 0.563. The van der Waals surface area contributed by atoms with E-state index in [0.29, 0.717) is 0 Å². The van der Waals surface area contributed by atoms with Gasteiger partial charge in [-0.1, -0.05) is 11.8 Å². The number of thioether (sulfide) groups is 1. The number of rotatable bonds is 4. The van der Waals surface area contributed by atoms with Crippen molar-refractivity contribution in [3.05, 3.63) is 46.2 Å². The standard InChI is InChI=1S/C21H24N2O2S3/c1-21(2,14-24)11-10-17-8-9-18(28-17)19-23(12-13-27-19)20(26)22-15-4-6-16(25-3)7-5-15/h4-9,19,24H,12-14H2,1-3H3,(H,22,26)/t19-/m1/s1.